The van der Waals surface area contributed by atoms with Crippen molar-refractivity contribution in [3.05, 3.63) is 57.1 Å². The number of hydrogen-bond acceptors (Lipinski definition) is 6. The molecule has 30 heavy (non-hydrogen) atoms. The zero-order valence-electron chi connectivity index (χ0n) is 17.3. The van der Waals surface area contributed by atoms with Gasteiger partial charge in [0.15, 0.2) is 11.5 Å². The molecule has 0 saturated carbocycles. The summed E-state index contributed by atoms with van der Waals surface area (Å²) >= 11 is 6.19. The van der Waals surface area contributed by atoms with E-state index >= 15 is 0 Å². The molecular formula is C21H23ClN2O6. The van der Waals surface area contributed by atoms with Gasteiger partial charge in [0, 0.05) is 11.6 Å². The van der Waals surface area contributed by atoms with Gasteiger partial charge in [-0.1, -0.05) is 25.4 Å². The first-order valence-electron chi connectivity index (χ1n) is 9.17. The summed E-state index contributed by atoms with van der Waals surface area (Å²) in [5.41, 5.74) is -0.589. The minimum atomic E-state index is -0.646. The van der Waals surface area contributed by atoms with Gasteiger partial charge in [0.1, 0.15) is 11.4 Å². The van der Waals surface area contributed by atoms with E-state index in [2.05, 4.69) is 5.32 Å². The second kappa shape index (κ2) is 9.13. The van der Waals surface area contributed by atoms with E-state index in [1.165, 1.54) is 6.07 Å². The molecule has 0 atom stereocenters. The van der Waals surface area contributed by atoms with Gasteiger partial charge in [-0.15, -0.1) is 0 Å². The Morgan fingerprint density at radius 3 is 2.23 bits per heavy atom. The average molecular weight is 435 g/mol. The standard InChI is InChI=1S/C21H23ClN2O6/c1-12(2)19(25)15-10-16(22)18(11-17(15)24(27)28)29-14-8-6-13(7-9-14)23-20(26)30-21(3,4)5/h6-12H,1-5H3,(H,23,26). The van der Waals surface area contributed by atoms with E-state index in [4.69, 9.17) is 21.1 Å². The molecule has 0 spiro atoms. The van der Waals surface area contributed by atoms with E-state index in [-0.39, 0.29) is 27.8 Å². The number of halogens is 1. The second-order valence-corrected chi connectivity index (χ2v) is 8.24. The Kier molecular flexibility index (Phi) is 7.04. The lowest BCUT2D eigenvalue weighted by Crippen LogP contribution is -2.27. The lowest BCUT2D eigenvalue weighted by atomic mass is 9.99. The third kappa shape index (κ3) is 6.18. The summed E-state index contributed by atoms with van der Waals surface area (Å²) in [4.78, 5) is 34.8. The first-order valence-corrected chi connectivity index (χ1v) is 9.55. The normalized spacial score (nSPS) is 11.2. The van der Waals surface area contributed by atoms with Gasteiger partial charge in [0.2, 0.25) is 0 Å². The fourth-order valence-corrected chi connectivity index (χ4v) is 2.64. The number of nitrogens with one attached hydrogen (secondary N) is 1. The zero-order valence-corrected chi connectivity index (χ0v) is 18.1. The first-order chi connectivity index (χ1) is 13.9. The SMILES string of the molecule is CC(C)C(=O)c1cc(Cl)c(Oc2ccc(NC(=O)OC(C)(C)C)cc2)cc1[N+](=O)[O-]. The van der Waals surface area contributed by atoms with Gasteiger partial charge < -0.3 is 9.47 Å². The Morgan fingerprint density at radius 1 is 1.13 bits per heavy atom. The van der Waals surface area contributed by atoms with Crippen molar-refractivity contribution in [1.29, 1.82) is 0 Å². The third-order valence-electron chi connectivity index (χ3n) is 3.76. The molecule has 2 aromatic carbocycles. The highest BCUT2D eigenvalue weighted by atomic mass is 35.5. The lowest BCUT2D eigenvalue weighted by Gasteiger charge is -2.19. The maximum atomic E-state index is 12.3. The molecule has 0 aliphatic carbocycles. The number of nitro groups is 1. The highest BCUT2D eigenvalue weighted by Gasteiger charge is 2.25. The summed E-state index contributed by atoms with van der Waals surface area (Å²) in [5, 5.41) is 14.1. The van der Waals surface area contributed by atoms with Crippen molar-refractivity contribution in [2.45, 2.75) is 40.2 Å². The fourth-order valence-electron chi connectivity index (χ4n) is 2.44. The molecule has 0 aromatic heterocycles. The van der Waals surface area contributed by atoms with Crippen LogP contribution in [-0.2, 0) is 4.74 Å². The quantitative estimate of drug-likeness (QED) is 0.328. The van der Waals surface area contributed by atoms with E-state index in [1.807, 2.05) is 0 Å². The predicted molar refractivity (Wildman–Crippen MR) is 114 cm³/mol. The van der Waals surface area contributed by atoms with Gasteiger partial charge in [0.25, 0.3) is 5.69 Å². The van der Waals surface area contributed by atoms with Crippen molar-refractivity contribution in [2.75, 3.05) is 5.32 Å². The van der Waals surface area contributed by atoms with Crippen LogP contribution >= 0.6 is 11.6 Å². The molecule has 0 aliphatic rings. The predicted octanol–water partition coefficient (Wildman–Crippen LogP) is 6.23. The topological polar surface area (TPSA) is 108 Å². The minimum Gasteiger partial charge on any atom is -0.456 e. The molecule has 0 radical (unpaired) electrons. The van der Waals surface area contributed by atoms with Gasteiger partial charge in [-0.2, -0.15) is 0 Å². The van der Waals surface area contributed by atoms with Crippen LogP contribution in [0.1, 0.15) is 45.0 Å². The van der Waals surface area contributed by atoms with Crippen LogP contribution in [0, 0.1) is 16.0 Å². The van der Waals surface area contributed by atoms with E-state index in [1.54, 1.807) is 58.9 Å². The van der Waals surface area contributed by atoms with Gasteiger partial charge in [-0.05, 0) is 51.1 Å². The fraction of sp³-hybridized carbons (Fsp3) is 0.333. The molecule has 1 N–H and O–H groups in total. The summed E-state index contributed by atoms with van der Waals surface area (Å²) in [7, 11) is 0. The molecule has 2 aromatic rings. The van der Waals surface area contributed by atoms with Crippen molar-refractivity contribution < 1.29 is 24.0 Å². The Bertz CT molecular complexity index is 965. The molecule has 0 heterocycles. The molecule has 9 heteroatoms. The Labute approximate surface area is 179 Å². The molecule has 0 saturated heterocycles. The summed E-state index contributed by atoms with van der Waals surface area (Å²) in [6.45, 7) is 8.57. The maximum Gasteiger partial charge on any atom is 0.412 e. The maximum absolute atomic E-state index is 12.3. The molecular weight excluding hydrogens is 412 g/mol. The molecule has 2 rings (SSSR count). The molecule has 8 nitrogen and oxygen atoms in total. The number of ether oxygens (including phenoxy) is 2. The van der Waals surface area contributed by atoms with E-state index in [0.29, 0.717) is 11.4 Å². The van der Waals surface area contributed by atoms with Crippen molar-refractivity contribution in [3.8, 4) is 11.5 Å². The largest absolute Gasteiger partial charge is 0.456 e. The van der Waals surface area contributed by atoms with E-state index < -0.39 is 22.5 Å². The molecule has 0 fully saturated rings. The zero-order chi connectivity index (χ0) is 22.6. The van der Waals surface area contributed by atoms with Crippen LogP contribution in [0.15, 0.2) is 36.4 Å². The van der Waals surface area contributed by atoms with Crippen molar-refractivity contribution in [3.63, 3.8) is 0 Å². The first kappa shape index (κ1) is 23.2. The summed E-state index contributed by atoms with van der Waals surface area (Å²) in [5.74, 6) is -0.426. The van der Waals surface area contributed by atoms with Gasteiger partial charge in [-0.25, -0.2) is 4.79 Å². The number of ketones is 1. The summed E-state index contributed by atoms with van der Waals surface area (Å²) in [6.07, 6.45) is -0.597. The second-order valence-electron chi connectivity index (χ2n) is 7.83. The highest BCUT2D eigenvalue weighted by molar-refractivity contribution is 6.32. The number of carbonyl (C=O) groups is 2. The van der Waals surface area contributed by atoms with Crippen molar-refractivity contribution >= 4 is 34.9 Å². The van der Waals surface area contributed by atoms with Gasteiger partial charge in [0.05, 0.1) is 21.6 Å². The molecule has 1 amide bonds. The summed E-state index contributed by atoms with van der Waals surface area (Å²) in [6, 6.07) is 8.65. The number of rotatable bonds is 6. The monoisotopic (exact) mass is 434 g/mol. The van der Waals surface area contributed by atoms with Gasteiger partial charge in [-0.3, -0.25) is 20.2 Å². The van der Waals surface area contributed by atoms with Crippen LogP contribution in [0.4, 0.5) is 16.2 Å². The van der Waals surface area contributed by atoms with Crippen LogP contribution in [0.25, 0.3) is 0 Å². The molecule has 0 unspecified atom stereocenters. The number of amides is 1. The smallest absolute Gasteiger partial charge is 0.412 e. The number of anilines is 1. The lowest BCUT2D eigenvalue weighted by molar-refractivity contribution is -0.385. The molecule has 160 valence electrons. The van der Waals surface area contributed by atoms with Crippen LogP contribution in [0.2, 0.25) is 5.02 Å². The van der Waals surface area contributed by atoms with Gasteiger partial charge >= 0.3 is 6.09 Å². The number of benzene rings is 2. The number of nitro benzene ring substituents is 1. The highest BCUT2D eigenvalue weighted by Crippen LogP contribution is 2.36. The van der Waals surface area contributed by atoms with Crippen LogP contribution < -0.4 is 10.1 Å². The summed E-state index contributed by atoms with van der Waals surface area (Å²) < 4.78 is 10.8. The number of Topliss-reactive ketones (excluding diaryl/α,β-unsaturated/α-hetero) is 1. The van der Waals surface area contributed by atoms with Crippen molar-refractivity contribution in [1.82, 2.24) is 0 Å². The van der Waals surface area contributed by atoms with E-state index in [9.17, 15) is 19.7 Å². The Morgan fingerprint density at radius 2 is 1.73 bits per heavy atom. The third-order valence-corrected chi connectivity index (χ3v) is 4.06. The molecule has 0 bridgehead atoms. The number of nitrogens with zero attached hydrogens (tertiary/aromatic N) is 1. The number of hydrogen-bond donors (Lipinski definition) is 1. The Balaban J connectivity index is 2.22. The van der Waals surface area contributed by atoms with E-state index in [0.717, 1.165) is 6.07 Å². The van der Waals surface area contributed by atoms with Crippen LogP contribution in [0.3, 0.4) is 0 Å². The Hall–Kier alpha value is -3.13. The minimum absolute atomic E-state index is 0.0384. The number of carbonyl (C=O) groups excluding carboxylic acids is 2. The molecule has 0 aliphatic heterocycles. The van der Waals surface area contributed by atoms with Crippen LogP contribution in [-0.4, -0.2) is 22.4 Å². The van der Waals surface area contributed by atoms with Crippen LogP contribution in [0.5, 0.6) is 11.5 Å². The average Bonchev–Trinajstić information content (AvgIpc) is 2.62. The van der Waals surface area contributed by atoms with Crippen molar-refractivity contribution in [2.24, 2.45) is 5.92 Å².